The first kappa shape index (κ1) is 26.9. The van der Waals surface area contributed by atoms with E-state index in [9.17, 15) is 14.4 Å². The van der Waals surface area contributed by atoms with Crippen molar-refractivity contribution in [3.8, 4) is 10.4 Å². The average Bonchev–Trinajstić information content (AvgIpc) is 3.63. The topological polar surface area (TPSA) is 119 Å². The number of fused-ring (bicyclic) bond motifs is 2. The predicted molar refractivity (Wildman–Crippen MR) is 168 cm³/mol. The van der Waals surface area contributed by atoms with Gasteiger partial charge >= 0.3 is 0 Å². The molecule has 8 nitrogen and oxygen atoms in total. The molecule has 4 N–H and O–H groups in total. The minimum atomic E-state index is -0.454. The number of ketones is 1. The Hall–Kier alpha value is -5.28. The molecule has 6 aromatic rings. The molecule has 0 atom stereocenters. The summed E-state index contributed by atoms with van der Waals surface area (Å²) in [6.07, 6.45) is 0.0874. The van der Waals surface area contributed by atoms with Crippen LogP contribution in [0, 0.1) is 0 Å². The fourth-order valence-corrected chi connectivity index (χ4v) is 5.84. The molecule has 0 unspecified atom stereocenters. The van der Waals surface area contributed by atoms with E-state index in [1.54, 1.807) is 22.8 Å². The Morgan fingerprint density at radius 3 is 2.48 bits per heavy atom. The molecule has 208 valence electrons. The van der Waals surface area contributed by atoms with Crippen molar-refractivity contribution < 1.29 is 14.4 Å². The van der Waals surface area contributed by atoms with Gasteiger partial charge in [0.15, 0.2) is 5.78 Å². The lowest BCUT2D eigenvalue weighted by Gasteiger charge is -2.09. The molecular weight excluding hydrogens is 546 g/mol. The lowest BCUT2D eigenvalue weighted by Crippen LogP contribution is -2.18. The number of carbonyl (C=O) groups excluding carboxylic acids is 3. The number of rotatable bonds is 10. The van der Waals surface area contributed by atoms with Crippen LogP contribution in [0.25, 0.3) is 32.2 Å². The number of amides is 2. The van der Waals surface area contributed by atoms with Gasteiger partial charge in [-0.05, 0) is 46.7 Å². The minimum Gasteiger partial charge on any atom is -0.378 e. The van der Waals surface area contributed by atoms with Gasteiger partial charge in [0.2, 0.25) is 11.9 Å². The quantitative estimate of drug-likeness (QED) is 0.165. The molecule has 0 spiro atoms. The number of hydrogen-bond acceptors (Lipinski definition) is 6. The van der Waals surface area contributed by atoms with E-state index in [0.717, 1.165) is 26.7 Å². The maximum absolute atomic E-state index is 13.4. The minimum absolute atomic E-state index is 0.0329. The summed E-state index contributed by atoms with van der Waals surface area (Å²) in [6, 6.07) is 32.6. The lowest BCUT2D eigenvalue weighted by atomic mass is 10.0. The molecule has 4 aromatic carbocycles. The van der Waals surface area contributed by atoms with Crippen molar-refractivity contribution in [1.29, 1.82) is 0 Å². The van der Waals surface area contributed by atoms with Crippen LogP contribution in [0.2, 0.25) is 0 Å². The molecule has 0 bridgehead atoms. The van der Waals surface area contributed by atoms with Crippen molar-refractivity contribution in [2.75, 3.05) is 17.2 Å². The Morgan fingerprint density at radius 1 is 0.857 bits per heavy atom. The lowest BCUT2D eigenvalue weighted by molar-refractivity contribution is -0.118. The number of anilines is 2. The van der Waals surface area contributed by atoms with E-state index in [4.69, 9.17) is 5.73 Å². The SMILES string of the molecule is NC(=O)CCn1c(NC(=O)c2ccc(-c3cccc4ccccc34)s2)nc2cc(NCC(=O)c3ccccc3)ccc21. The number of imidazole rings is 1. The number of nitrogens with zero attached hydrogens (tertiary/aromatic N) is 2. The summed E-state index contributed by atoms with van der Waals surface area (Å²) in [6.45, 7) is 0.380. The van der Waals surface area contributed by atoms with E-state index in [1.807, 2.05) is 60.7 Å². The first-order valence-electron chi connectivity index (χ1n) is 13.5. The summed E-state index contributed by atoms with van der Waals surface area (Å²) in [5.41, 5.74) is 9.17. The fraction of sp³-hybridized carbons (Fsp3) is 0.0909. The third-order valence-electron chi connectivity index (χ3n) is 6.99. The van der Waals surface area contributed by atoms with E-state index in [1.165, 1.54) is 11.3 Å². The highest BCUT2D eigenvalue weighted by atomic mass is 32.1. The first-order chi connectivity index (χ1) is 20.5. The average molecular weight is 574 g/mol. The Bertz CT molecular complexity index is 1940. The molecule has 0 fully saturated rings. The third-order valence-corrected chi connectivity index (χ3v) is 8.11. The molecule has 42 heavy (non-hydrogen) atoms. The smallest absolute Gasteiger partial charge is 0.268 e. The second kappa shape index (κ2) is 11.7. The molecule has 2 heterocycles. The van der Waals surface area contributed by atoms with Crippen molar-refractivity contribution in [3.63, 3.8) is 0 Å². The Kier molecular flexibility index (Phi) is 7.49. The van der Waals surface area contributed by atoms with Gasteiger partial charge in [-0.2, -0.15) is 0 Å². The molecule has 0 radical (unpaired) electrons. The summed E-state index contributed by atoms with van der Waals surface area (Å²) in [7, 11) is 0. The van der Waals surface area contributed by atoms with Gasteiger partial charge in [0.05, 0.1) is 22.5 Å². The molecule has 2 aromatic heterocycles. The van der Waals surface area contributed by atoms with Crippen LogP contribution >= 0.6 is 11.3 Å². The first-order valence-corrected chi connectivity index (χ1v) is 14.3. The normalized spacial score (nSPS) is 11.0. The zero-order valence-electron chi connectivity index (χ0n) is 22.5. The van der Waals surface area contributed by atoms with Crippen LogP contribution in [0.15, 0.2) is 103 Å². The molecule has 0 saturated carbocycles. The van der Waals surface area contributed by atoms with E-state index < -0.39 is 5.91 Å². The van der Waals surface area contributed by atoms with Crippen LogP contribution in [0.5, 0.6) is 0 Å². The summed E-state index contributed by atoms with van der Waals surface area (Å²) < 4.78 is 1.77. The van der Waals surface area contributed by atoms with E-state index in [0.29, 0.717) is 27.6 Å². The van der Waals surface area contributed by atoms with Crippen LogP contribution in [-0.2, 0) is 11.3 Å². The van der Waals surface area contributed by atoms with Crippen molar-refractivity contribution in [3.05, 3.63) is 114 Å². The van der Waals surface area contributed by atoms with Crippen LogP contribution in [0.4, 0.5) is 11.6 Å². The molecule has 0 aliphatic carbocycles. The second-order valence-electron chi connectivity index (χ2n) is 9.79. The van der Waals surface area contributed by atoms with Gasteiger partial charge in [-0.3, -0.25) is 19.7 Å². The van der Waals surface area contributed by atoms with Gasteiger partial charge in [0, 0.05) is 29.1 Å². The third kappa shape index (κ3) is 5.63. The highest BCUT2D eigenvalue weighted by molar-refractivity contribution is 7.17. The molecule has 6 rings (SSSR count). The standard InChI is InChI=1S/C33H27N5O3S/c34-31(40)17-18-38-27-14-13-23(35-20-28(39)22-8-2-1-3-9-22)19-26(27)36-33(38)37-32(41)30-16-15-29(42-30)25-12-6-10-21-7-4-5-11-24(21)25/h1-16,19,35H,17-18,20H2,(H2,34,40)(H,36,37,41). The molecule has 2 amide bonds. The number of thiophene rings is 1. The Balaban J connectivity index is 1.24. The second-order valence-corrected chi connectivity index (χ2v) is 10.9. The number of carbonyl (C=O) groups is 3. The summed E-state index contributed by atoms with van der Waals surface area (Å²) in [5.74, 6) is -0.470. The molecule has 0 aliphatic rings. The zero-order chi connectivity index (χ0) is 29.1. The number of nitrogens with one attached hydrogen (secondary N) is 2. The monoisotopic (exact) mass is 573 g/mol. The number of aryl methyl sites for hydroxylation is 1. The molecule has 9 heteroatoms. The number of primary amides is 1. The predicted octanol–water partition coefficient (Wildman–Crippen LogP) is 6.34. The van der Waals surface area contributed by atoms with Crippen LogP contribution in [0.1, 0.15) is 26.5 Å². The van der Waals surface area contributed by atoms with E-state index in [2.05, 4.69) is 39.9 Å². The van der Waals surface area contributed by atoms with Crippen LogP contribution in [0.3, 0.4) is 0 Å². The Morgan fingerprint density at radius 2 is 1.64 bits per heavy atom. The maximum Gasteiger partial charge on any atom is 0.268 e. The van der Waals surface area contributed by atoms with Gasteiger partial charge in [-0.15, -0.1) is 11.3 Å². The van der Waals surface area contributed by atoms with Gasteiger partial charge in [-0.25, -0.2) is 4.98 Å². The van der Waals surface area contributed by atoms with Gasteiger partial charge in [-0.1, -0.05) is 72.8 Å². The summed E-state index contributed by atoms with van der Waals surface area (Å²) in [5, 5.41) is 8.34. The number of Topliss-reactive ketones (excluding diaryl/α,β-unsaturated/α-hetero) is 1. The number of benzene rings is 4. The number of aromatic nitrogens is 2. The highest BCUT2D eigenvalue weighted by Crippen LogP contribution is 2.34. The zero-order valence-corrected chi connectivity index (χ0v) is 23.4. The van der Waals surface area contributed by atoms with Crippen molar-refractivity contribution in [2.45, 2.75) is 13.0 Å². The van der Waals surface area contributed by atoms with Crippen LogP contribution in [-0.4, -0.2) is 33.7 Å². The molecule has 0 aliphatic heterocycles. The fourth-order valence-electron chi connectivity index (χ4n) is 4.90. The number of nitrogens with two attached hydrogens (primary N) is 1. The van der Waals surface area contributed by atoms with Crippen molar-refractivity contribution >= 4 is 62.4 Å². The molecular formula is C33H27N5O3S. The highest BCUT2D eigenvalue weighted by Gasteiger charge is 2.18. The molecule has 0 saturated heterocycles. The number of hydrogen-bond donors (Lipinski definition) is 3. The summed E-state index contributed by atoms with van der Waals surface area (Å²) >= 11 is 1.40. The van der Waals surface area contributed by atoms with Gasteiger partial charge in [0.1, 0.15) is 0 Å². The van der Waals surface area contributed by atoms with Crippen LogP contribution < -0.4 is 16.4 Å². The van der Waals surface area contributed by atoms with Gasteiger partial charge < -0.3 is 15.6 Å². The maximum atomic E-state index is 13.4. The Labute approximate surface area is 245 Å². The summed E-state index contributed by atoms with van der Waals surface area (Å²) in [4.78, 5) is 43.7. The van der Waals surface area contributed by atoms with E-state index >= 15 is 0 Å². The van der Waals surface area contributed by atoms with Gasteiger partial charge in [0.25, 0.3) is 5.91 Å². The van der Waals surface area contributed by atoms with Crippen molar-refractivity contribution in [2.24, 2.45) is 5.73 Å². The van der Waals surface area contributed by atoms with Crippen molar-refractivity contribution in [1.82, 2.24) is 9.55 Å². The largest absolute Gasteiger partial charge is 0.378 e. The van der Waals surface area contributed by atoms with E-state index in [-0.39, 0.29) is 31.2 Å².